The molecule has 0 spiro atoms. The number of rotatable bonds is 4. The molecule has 1 heterocycles. The number of benzene rings is 1. The van der Waals surface area contributed by atoms with E-state index >= 15 is 0 Å². The summed E-state index contributed by atoms with van der Waals surface area (Å²) in [5.41, 5.74) is 3.63. The van der Waals surface area contributed by atoms with E-state index in [1.807, 2.05) is 44.3 Å². The van der Waals surface area contributed by atoms with E-state index in [1.54, 1.807) is 13.0 Å². The molecule has 1 N–H and O–H groups in total. The van der Waals surface area contributed by atoms with Crippen molar-refractivity contribution in [1.29, 1.82) is 0 Å². The van der Waals surface area contributed by atoms with Crippen molar-refractivity contribution in [3.63, 3.8) is 0 Å². The van der Waals surface area contributed by atoms with Gasteiger partial charge in [-0.05, 0) is 49.2 Å². The number of aromatic nitrogens is 1. The van der Waals surface area contributed by atoms with Crippen LogP contribution >= 0.6 is 0 Å². The SMILES string of the molecule is CCNC(c1ccc(C)nc1)c1ccc(C)c(F)c1. The molecule has 2 aromatic rings. The molecule has 100 valence electrons. The standard InChI is InChI=1S/C16H19FN2/c1-4-18-16(14-8-6-12(3)19-10-14)13-7-5-11(2)15(17)9-13/h5-10,16,18H,4H2,1-3H3. The van der Waals surface area contributed by atoms with Crippen LogP contribution < -0.4 is 5.32 Å². The Balaban J connectivity index is 2.38. The molecule has 1 aromatic carbocycles. The van der Waals surface area contributed by atoms with Crippen molar-refractivity contribution >= 4 is 0 Å². The van der Waals surface area contributed by atoms with Gasteiger partial charge in [-0.25, -0.2) is 4.39 Å². The normalized spacial score (nSPS) is 12.4. The zero-order valence-electron chi connectivity index (χ0n) is 11.6. The zero-order valence-corrected chi connectivity index (χ0v) is 11.6. The second kappa shape index (κ2) is 5.93. The summed E-state index contributed by atoms with van der Waals surface area (Å²) >= 11 is 0. The Morgan fingerprint density at radius 1 is 1.16 bits per heavy atom. The van der Waals surface area contributed by atoms with Crippen molar-refractivity contribution in [3.8, 4) is 0 Å². The molecule has 0 saturated carbocycles. The largest absolute Gasteiger partial charge is 0.306 e. The summed E-state index contributed by atoms with van der Waals surface area (Å²) in [7, 11) is 0. The summed E-state index contributed by atoms with van der Waals surface area (Å²) in [4.78, 5) is 4.31. The first-order chi connectivity index (χ1) is 9.11. The molecule has 2 nitrogen and oxygen atoms in total. The van der Waals surface area contributed by atoms with Crippen molar-refractivity contribution < 1.29 is 4.39 Å². The Kier molecular flexibility index (Phi) is 4.27. The van der Waals surface area contributed by atoms with Gasteiger partial charge in [0.05, 0.1) is 6.04 Å². The Morgan fingerprint density at radius 3 is 2.47 bits per heavy atom. The van der Waals surface area contributed by atoms with E-state index in [1.165, 1.54) is 0 Å². The number of nitrogens with zero attached hydrogens (tertiary/aromatic N) is 1. The van der Waals surface area contributed by atoms with Gasteiger partial charge < -0.3 is 5.32 Å². The summed E-state index contributed by atoms with van der Waals surface area (Å²) in [6.45, 7) is 6.58. The molecule has 0 fully saturated rings. The minimum atomic E-state index is -0.166. The van der Waals surface area contributed by atoms with Crippen molar-refractivity contribution in [2.45, 2.75) is 26.8 Å². The van der Waals surface area contributed by atoms with Crippen LogP contribution in [0, 0.1) is 19.7 Å². The van der Waals surface area contributed by atoms with Gasteiger partial charge in [0.15, 0.2) is 0 Å². The first-order valence-electron chi connectivity index (χ1n) is 6.53. The molecule has 0 aliphatic heterocycles. The van der Waals surface area contributed by atoms with Crippen molar-refractivity contribution in [3.05, 3.63) is 64.7 Å². The minimum Gasteiger partial charge on any atom is -0.306 e. The molecule has 0 amide bonds. The number of aryl methyl sites for hydroxylation is 2. The number of halogens is 1. The molecule has 3 heteroatoms. The minimum absolute atomic E-state index is 0.0202. The molecule has 1 aromatic heterocycles. The van der Waals surface area contributed by atoms with Crippen LogP contribution in [-0.2, 0) is 0 Å². The maximum Gasteiger partial charge on any atom is 0.126 e. The Labute approximate surface area is 113 Å². The van der Waals surface area contributed by atoms with Crippen LogP contribution in [0.5, 0.6) is 0 Å². The fourth-order valence-electron chi connectivity index (χ4n) is 2.07. The number of hydrogen-bond donors (Lipinski definition) is 1. The van der Waals surface area contributed by atoms with Crippen LogP contribution in [0.2, 0.25) is 0 Å². The highest BCUT2D eigenvalue weighted by molar-refractivity contribution is 5.33. The summed E-state index contributed by atoms with van der Waals surface area (Å²) in [6, 6.07) is 9.37. The van der Waals surface area contributed by atoms with E-state index in [4.69, 9.17) is 0 Å². The van der Waals surface area contributed by atoms with Gasteiger partial charge in [-0.15, -0.1) is 0 Å². The number of hydrogen-bond acceptors (Lipinski definition) is 2. The van der Waals surface area contributed by atoms with Crippen LogP contribution in [0.1, 0.15) is 35.3 Å². The Morgan fingerprint density at radius 2 is 1.89 bits per heavy atom. The molecular weight excluding hydrogens is 239 g/mol. The average Bonchev–Trinajstić information content (AvgIpc) is 2.41. The van der Waals surface area contributed by atoms with Gasteiger partial charge in [0.2, 0.25) is 0 Å². The summed E-state index contributed by atoms with van der Waals surface area (Å²) in [6.07, 6.45) is 1.85. The van der Waals surface area contributed by atoms with Gasteiger partial charge in [0, 0.05) is 11.9 Å². The highest BCUT2D eigenvalue weighted by atomic mass is 19.1. The third-order valence-corrected chi connectivity index (χ3v) is 3.21. The lowest BCUT2D eigenvalue weighted by atomic mass is 9.98. The second-order valence-electron chi connectivity index (χ2n) is 4.73. The van der Waals surface area contributed by atoms with Crippen molar-refractivity contribution in [2.24, 2.45) is 0 Å². The van der Waals surface area contributed by atoms with Crippen LogP contribution in [0.3, 0.4) is 0 Å². The quantitative estimate of drug-likeness (QED) is 0.907. The summed E-state index contributed by atoms with van der Waals surface area (Å²) < 4.78 is 13.7. The lowest BCUT2D eigenvalue weighted by Gasteiger charge is -2.19. The average molecular weight is 258 g/mol. The van der Waals surface area contributed by atoms with E-state index < -0.39 is 0 Å². The van der Waals surface area contributed by atoms with Gasteiger partial charge in [0.25, 0.3) is 0 Å². The Hall–Kier alpha value is -1.74. The van der Waals surface area contributed by atoms with Crippen LogP contribution in [0.25, 0.3) is 0 Å². The first-order valence-corrected chi connectivity index (χ1v) is 6.53. The molecule has 0 bridgehead atoms. The lowest BCUT2D eigenvalue weighted by molar-refractivity contribution is 0.596. The van der Waals surface area contributed by atoms with Gasteiger partial charge in [0.1, 0.15) is 5.82 Å². The van der Waals surface area contributed by atoms with Crippen molar-refractivity contribution in [2.75, 3.05) is 6.54 Å². The van der Waals surface area contributed by atoms with E-state index in [0.29, 0.717) is 5.56 Å². The molecular formula is C16H19FN2. The maximum absolute atomic E-state index is 13.7. The zero-order chi connectivity index (χ0) is 13.8. The van der Waals surface area contributed by atoms with Gasteiger partial charge in [-0.3, -0.25) is 4.98 Å². The first kappa shape index (κ1) is 13.7. The number of nitrogens with one attached hydrogen (secondary N) is 1. The third kappa shape index (κ3) is 3.18. The predicted octanol–water partition coefficient (Wildman–Crippen LogP) is 3.54. The van der Waals surface area contributed by atoms with Gasteiger partial charge in [-0.1, -0.05) is 25.1 Å². The van der Waals surface area contributed by atoms with E-state index in [2.05, 4.69) is 10.3 Å². The molecule has 19 heavy (non-hydrogen) atoms. The maximum atomic E-state index is 13.7. The van der Waals surface area contributed by atoms with E-state index in [9.17, 15) is 4.39 Å². The van der Waals surface area contributed by atoms with Crippen molar-refractivity contribution in [1.82, 2.24) is 10.3 Å². The predicted molar refractivity (Wildman–Crippen MR) is 75.6 cm³/mol. The summed E-state index contributed by atoms with van der Waals surface area (Å²) in [5.74, 6) is -0.166. The monoisotopic (exact) mass is 258 g/mol. The van der Waals surface area contributed by atoms with Crippen LogP contribution in [-0.4, -0.2) is 11.5 Å². The lowest BCUT2D eigenvalue weighted by Crippen LogP contribution is -2.22. The molecule has 1 atom stereocenters. The molecule has 0 radical (unpaired) electrons. The smallest absolute Gasteiger partial charge is 0.126 e. The topological polar surface area (TPSA) is 24.9 Å². The fourth-order valence-corrected chi connectivity index (χ4v) is 2.07. The highest BCUT2D eigenvalue weighted by Crippen LogP contribution is 2.23. The highest BCUT2D eigenvalue weighted by Gasteiger charge is 2.14. The van der Waals surface area contributed by atoms with E-state index in [-0.39, 0.29) is 11.9 Å². The fraction of sp³-hybridized carbons (Fsp3) is 0.312. The molecule has 0 saturated heterocycles. The third-order valence-electron chi connectivity index (χ3n) is 3.21. The second-order valence-corrected chi connectivity index (χ2v) is 4.73. The molecule has 0 aliphatic carbocycles. The molecule has 0 aliphatic rings. The Bertz CT molecular complexity index is 549. The van der Waals surface area contributed by atoms with Gasteiger partial charge in [-0.2, -0.15) is 0 Å². The van der Waals surface area contributed by atoms with Crippen LogP contribution in [0.4, 0.5) is 4.39 Å². The summed E-state index contributed by atoms with van der Waals surface area (Å²) in [5, 5.41) is 3.37. The van der Waals surface area contributed by atoms with Crippen LogP contribution in [0.15, 0.2) is 36.5 Å². The van der Waals surface area contributed by atoms with E-state index in [0.717, 1.165) is 23.4 Å². The molecule has 2 rings (SSSR count). The molecule has 1 unspecified atom stereocenters. The number of pyridine rings is 1. The van der Waals surface area contributed by atoms with Gasteiger partial charge >= 0.3 is 0 Å².